The van der Waals surface area contributed by atoms with Crippen LogP contribution in [-0.4, -0.2) is 32.1 Å². The molecule has 5 nitrogen and oxygen atoms in total. The molecule has 20 heavy (non-hydrogen) atoms. The van der Waals surface area contributed by atoms with Gasteiger partial charge in [0.05, 0.1) is 16.6 Å². The smallest absolute Gasteiger partial charge is 0.335 e. The van der Waals surface area contributed by atoms with E-state index in [1.54, 1.807) is 16.7 Å². The number of aromatic amines is 1. The predicted octanol–water partition coefficient (Wildman–Crippen LogP) is 2.48. The third-order valence-corrected chi connectivity index (χ3v) is 5.11. The van der Waals surface area contributed by atoms with E-state index in [2.05, 4.69) is 11.2 Å². The molecular formula is C14H16N2O3S. The van der Waals surface area contributed by atoms with Crippen LogP contribution in [0.4, 0.5) is 0 Å². The molecule has 2 unspecified atom stereocenters. The molecule has 3 rings (SSSR count). The van der Waals surface area contributed by atoms with Crippen LogP contribution < -0.4 is 5.69 Å². The number of H-pyrrole nitrogens is 1. The van der Waals surface area contributed by atoms with E-state index in [1.807, 2.05) is 11.8 Å². The van der Waals surface area contributed by atoms with Gasteiger partial charge in [-0.1, -0.05) is 0 Å². The van der Waals surface area contributed by atoms with Crippen molar-refractivity contribution in [3.63, 3.8) is 0 Å². The predicted molar refractivity (Wildman–Crippen MR) is 79.7 cm³/mol. The summed E-state index contributed by atoms with van der Waals surface area (Å²) in [6, 6.07) is 5.01. The molecule has 106 valence electrons. The Balaban J connectivity index is 2.06. The molecule has 0 bridgehead atoms. The average Bonchev–Trinajstić information content (AvgIpc) is 3.00. The standard InChI is InChI=1S/C14H16N2O3S/c1-20-10-4-3-9(7-10)16-12-5-2-8(13(17)18)6-11(12)15-14(16)19/h2,5-6,9-10H,3-4,7H2,1H3,(H,15,19)(H,17,18). The van der Waals surface area contributed by atoms with Gasteiger partial charge in [0.1, 0.15) is 0 Å². The first-order valence-corrected chi connectivity index (χ1v) is 7.89. The second kappa shape index (κ2) is 5.01. The highest BCUT2D eigenvalue weighted by Gasteiger charge is 2.27. The number of nitrogens with one attached hydrogen (secondary N) is 1. The molecule has 1 heterocycles. The first kappa shape index (κ1) is 13.3. The lowest BCUT2D eigenvalue weighted by molar-refractivity contribution is 0.0697. The summed E-state index contributed by atoms with van der Waals surface area (Å²) in [5.74, 6) is -0.983. The molecule has 1 fully saturated rings. The lowest BCUT2D eigenvalue weighted by atomic mass is 10.2. The van der Waals surface area contributed by atoms with Gasteiger partial charge in [0, 0.05) is 11.3 Å². The van der Waals surface area contributed by atoms with Gasteiger partial charge in [-0.15, -0.1) is 0 Å². The van der Waals surface area contributed by atoms with Gasteiger partial charge >= 0.3 is 11.7 Å². The Bertz CT molecular complexity index is 719. The number of rotatable bonds is 3. The molecule has 0 radical (unpaired) electrons. The molecule has 1 aromatic carbocycles. The fourth-order valence-corrected chi connectivity index (χ4v) is 3.78. The molecule has 2 atom stereocenters. The number of imidazole rings is 1. The molecule has 0 aliphatic heterocycles. The average molecular weight is 292 g/mol. The molecule has 0 amide bonds. The number of hydrogen-bond acceptors (Lipinski definition) is 3. The van der Waals surface area contributed by atoms with E-state index >= 15 is 0 Å². The van der Waals surface area contributed by atoms with Crippen LogP contribution in [0.2, 0.25) is 0 Å². The first-order valence-electron chi connectivity index (χ1n) is 6.60. The second-order valence-corrected chi connectivity index (χ2v) is 6.30. The van der Waals surface area contributed by atoms with E-state index in [-0.39, 0.29) is 17.3 Å². The minimum Gasteiger partial charge on any atom is -0.478 e. The number of fused-ring (bicyclic) bond motifs is 1. The quantitative estimate of drug-likeness (QED) is 0.911. The van der Waals surface area contributed by atoms with Gasteiger partial charge in [-0.25, -0.2) is 9.59 Å². The first-order chi connectivity index (χ1) is 9.60. The van der Waals surface area contributed by atoms with Crippen LogP contribution in [0.5, 0.6) is 0 Å². The maximum absolute atomic E-state index is 12.2. The van der Waals surface area contributed by atoms with Crippen molar-refractivity contribution in [3.8, 4) is 0 Å². The topological polar surface area (TPSA) is 75.1 Å². The summed E-state index contributed by atoms with van der Waals surface area (Å²) in [7, 11) is 0. The van der Waals surface area contributed by atoms with Crippen LogP contribution in [0.15, 0.2) is 23.0 Å². The summed E-state index contributed by atoms with van der Waals surface area (Å²) in [5, 5.41) is 9.60. The summed E-state index contributed by atoms with van der Waals surface area (Å²) in [6.07, 6.45) is 5.22. The third-order valence-electron chi connectivity index (χ3n) is 4.02. The van der Waals surface area contributed by atoms with Crippen molar-refractivity contribution < 1.29 is 9.90 Å². The summed E-state index contributed by atoms with van der Waals surface area (Å²) in [4.78, 5) is 25.9. The molecule has 1 aromatic heterocycles. The Labute approximate surface area is 120 Å². The van der Waals surface area contributed by atoms with Crippen LogP contribution in [0, 0.1) is 0 Å². The highest BCUT2D eigenvalue weighted by atomic mass is 32.2. The van der Waals surface area contributed by atoms with Crippen molar-refractivity contribution in [1.82, 2.24) is 9.55 Å². The summed E-state index contributed by atoms with van der Waals surface area (Å²) in [5.41, 5.74) is 1.45. The van der Waals surface area contributed by atoms with Crippen LogP contribution in [0.1, 0.15) is 35.7 Å². The summed E-state index contributed by atoms with van der Waals surface area (Å²) < 4.78 is 1.79. The Morgan fingerprint density at radius 3 is 2.90 bits per heavy atom. The molecule has 1 saturated carbocycles. The molecule has 0 saturated heterocycles. The molecule has 6 heteroatoms. The van der Waals surface area contributed by atoms with Crippen LogP contribution in [0.25, 0.3) is 11.0 Å². The number of benzene rings is 1. The normalized spacial score (nSPS) is 22.4. The molecule has 1 aliphatic rings. The summed E-state index contributed by atoms with van der Waals surface area (Å²) >= 11 is 1.85. The molecular weight excluding hydrogens is 276 g/mol. The van der Waals surface area contributed by atoms with Crippen molar-refractivity contribution >= 4 is 28.8 Å². The number of hydrogen-bond donors (Lipinski definition) is 2. The van der Waals surface area contributed by atoms with Gasteiger partial charge in [0.2, 0.25) is 0 Å². The van der Waals surface area contributed by atoms with Crippen molar-refractivity contribution in [1.29, 1.82) is 0 Å². The van der Waals surface area contributed by atoms with Crippen LogP contribution in [0.3, 0.4) is 0 Å². The van der Waals surface area contributed by atoms with Gasteiger partial charge in [-0.3, -0.25) is 4.57 Å². The lowest BCUT2D eigenvalue weighted by Crippen LogP contribution is -2.20. The molecule has 1 aliphatic carbocycles. The van der Waals surface area contributed by atoms with Gasteiger partial charge in [-0.2, -0.15) is 11.8 Å². The van der Waals surface area contributed by atoms with Gasteiger partial charge < -0.3 is 10.1 Å². The van der Waals surface area contributed by atoms with Gasteiger partial charge in [-0.05, 0) is 43.7 Å². The summed E-state index contributed by atoms with van der Waals surface area (Å²) in [6.45, 7) is 0. The van der Waals surface area contributed by atoms with Crippen molar-refractivity contribution in [2.75, 3.05) is 6.26 Å². The van der Waals surface area contributed by atoms with E-state index < -0.39 is 5.97 Å². The number of aromatic nitrogens is 2. The molecule has 0 spiro atoms. The highest BCUT2D eigenvalue weighted by Crippen LogP contribution is 2.36. The largest absolute Gasteiger partial charge is 0.478 e. The second-order valence-electron chi connectivity index (χ2n) is 5.16. The molecule has 2 aromatic rings. The maximum atomic E-state index is 12.2. The highest BCUT2D eigenvalue weighted by molar-refractivity contribution is 7.99. The van der Waals surface area contributed by atoms with Crippen LogP contribution >= 0.6 is 11.8 Å². The maximum Gasteiger partial charge on any atom is 0.335 e. The van der Waals surface area contributed by atoms with E-state index in [4.69, 9.17) is 5.11 Å². The number of carboxylic acids is 1. The SMILES string of the molecule is CSC1CCC(n2c(=O)[nH]c3cc(C(=O)O)ccc32)C1. The van der Waals surface area contributed by atoms with Crippen molar-refractivity contribution in [3.05, 3.63) is 34.2 Å². The van der Waals surface area contributed by atoms with E-state index in [9.17, 15) is 9.59 Å². The van der Waals surface area contributed by atoms with Crippen molar-refractivity contribution in [2.24, 2.45) is 0 Å². The zero-order valence-electron chi connectivity index (χ0n) is 11.1. The van der Waals surface area contributed by atoms with E-state index in [0.717, 1.165) is 24.8 Å². The lowest BCUT2D eigenvalue weighted by Gasteiger charge is -2.12. The Morgan fingerprint density at radius 1 is 1.45 bits per heavy atom. The Morgan fingerprint density at radius 2 is 2.25 bits per heavy atom. The Kier molecular flexibility index (Phi) is 3.33. The van der Waals surface area contributed by atoms with Gasteiger partial charge in [0.25, 0.3) is 0 Å². The number of nitrogens with zero attached hydrogens (tertiary/aromatic N) is 1. The monoisotopic (exact) mass is 292 g/mol. The minimum atomic E-state index is -0.983. The van der Waals surface area contributed by atoms with E-state index in [0.29, 0.717) is 10.8 Å². The van der Waals surface area contributed by atoms with Gasteiger partial charge in [0.15, 0.2) is 0 Å². The Hall–Kier alpha value is -1.69. The van der Waals surface area contributed by atoms with Crippen LogP contribution in [-0.2, 0) is 0 Å². The number of aromatic carboxylic acids is 1. The third kappa shape index (κ3) is 2.14. The number of thioether (sulfide) groups is 1. The zero-order chi connectivity index (χ0) is 14.3. The molecule has 2 N–H and O–H groups in total. The number of carboxylic acid groups (broad SMARTS) is 1. The fraction of sp³-hybridized carbons (Fsp3) is 0.429. The van der Waals surface area contributed by atoms with Crippen molar-refractivity contribution in [2.45, 2.75) is 30.6 Å². The minimum absolute atomic E-state index is 0.144. The van der Waals surface area contributed by atoms with E-state index in [1.165, 1.54) is 6.07 Å². The zero-order valence-corrected chi connectivity index (χ0v) is 11.9. The fourth-order valence-electron chi connectivity index (χ4n) is 2.99. The number of carbonyl (C=O) groups is 1.